The standard InChI is InChI=1S/C8H5F2N3O2/c1-13-7(12-3-14)4(2-11)5(9)6(10)8(13)15/h3H,1H3,(H,12,14). The molecule has 15 heavy (non-hydrogen) atoms. The smallest absolute Gasteiger partial charge is 0.291 e. The third-order valence-corrected chi connectivity index (χ3v) is 1.78. The number of halogens is 2. The lowest BCUT2D eigenvalue weighted by Gasteiger charge is -2.09. The number of nitriles is 1. The van der Waals surface area contributed by atoms with E-state index in [1.165, 1.54) is 6.07 Å². The number of carbonyl (C=O) groups excluding carboxylic acids is 1. The highest BCUT2D eigenvalue weighted by Gasteiger charge is 2.20. The molecule has 1 N–H and O–H groups in total. The van der Waals surface area contributed by atoms with Gasteiger partial charge in [-0.1, -0.05) is 0 Å². The Labute approximate surface area is 82.6 Å². The summed E-state index contributed by atoms with van der Waals surface area (Å²) in [6.07, 6.45) is 0.160. The Morgan fingerprint density at radius 1 is 1.47 bits per heavy atom. The molecule has 0 aromatic carbocycles. The number of hydrogen-bond donors (Lipinski definition) is 1. The van der Waals surface area contributed by atoms with Gasteiger partial charge in [0.15, 0.2) is 5.82 Å². The van der Waals surface area contributed by atoms with Crippen molar-refractivity contribution in [3.8, 4) is 6.07 Å². The van der Waals surface area contributed by atoms with E-state index in [2.05, 4.69) is 0 Å². The number of nitrogens with zero attached hydrogens (tertiary/aromatic N) is 2. The van der Waals surface area contributed by atoms with Crippen molar-refractivity contribution in [2.24, 2.45) is 7.05 Å². The number of nitrogens with one attached hydrogen (secondary N) is 1. The van der Waals surface area contributed by atoms with E-state index in [4.69, 9.17) is 5.26 Å². The van der Waals surface area contributed by atoms with E-state index in [1.54, 1.807) is 0 Å². The molecule has 1 aromatic heterocycles. The fourth-order valence-electron chi connectivity index (χ4n) is 1.05. The first-order valence-electron chi connectivity index (χ1n) is 3.72. The molecule has 0 saturated heterocycles. The molecule has 0 bridgehead atoms. The number of aromatic nitrogens is 1. The highest BCUT2D eigenvalue weighted by molar-refractivity contribution is 5.73. The minimum atomic E-state index is -1.65. The van der Waals surface area contributed by atoms with Gasteiger partial charge in [0.1, 0.15) is 17.5 Å². The van der Waals surface area contributed by atoms with Crippen LogP contribution in [0.1, 0.15) is 5.56 Å². The van der Waals surface area contributed by atoms with Crippen molar-refractivity contribution in [1.29, 1.82) is 5.26 Å². The Kier molecular flexibility index (Phi) is 2.80. The maximum atomic E-state index is 13.1. The molecule has 0 aliphatic carbocycles. The Hall–Kier alpha value is -2.23. The van der Waals surface area contributed by atoms with Crippen LogP contribution in [-0.4, -0.2) is 11.0 Å². The summed E-state index contributed by atoms with van der Waals surface area (Å²) in [5.41, 5.74) is -1.97. The predicted octanol–water partition coefficient (Wildman–Crippen LogP) is 0.103. The van der Waals surface area contributed by atoms with Gasteiger partial charge >= 0.3 is 0 Å². The summed E-state index contributed by atoms with van der Waals surface area (Å²) in [6.45, 7) is 0. The molecular weight excluding hydrogens is 208 g/mol. The second-order valence-corrected chi connectivity index (χ2v) is 2.59. The maximum Gasteiger partial charge on any atom is 0.291 e. The first-order valence-corrected chi connectivity index (χ1v) is 3.72. The summed E-state index contributed by atoms with van der Waals surface area (Å²) in [6, 6.07) is 1.36. The van der Waals surface area contributed by atoms with Gasteiger partial charge < -0.3 is 5.32 Å². The third-order valence-electron chi connectivity index (χ3n) is 1.78. The van der Waals surface area contributed by atoms with Crippen molar-refractivity contribution in [1.82, 2.24) is 4.57 Å². The molecule has 0 fully saturated rings. The van der Waals surface area contributed by atoms with Crippen LogP contribution in [-0.2, 0) is 11.8 Å². The zero-order valence-corrected chi connectivity index (χ0v) is 7.54. The van der Waals surface area contributed by atoms with Crippen LogP contribution in [0.3, 0.4) is 0 Å². The van der Waals surface area contributed by atoms with Gasteiger partial charge in [-0.2, -0.15) is 9.65 Å². The van der Waals surface area contributed by atoms with E-state index in [9.17, 15) is 18.4 Å². The number of anilines is 1. The topological polar surface area (TPSA) is 74.9 Å². The Morgan fingerprint density at radius 3 is 2.53 bits per heavy atom. The zero-order chi connectivity index (χ0) is 11.6. The largest absolute Gasteiger partial charge is 0.313 e. The van der Waals surface area contributed by atoms with Crippen molar-refractivity contribution in [3.05, 3.63) is 27.6 Å². The molecule has 0 aliphatic rings. The van der Waals surface area contributed by atoms with Crippen LogP contribution in [0.15, 0.2) is 4.79 Å². The monoisotopic (exact) mass is 213 g/mol. The predicted molar refractivity (Wildman–Crippen MR) is 46.0 cm³/mol. The summed E-state index contributed by atoms with van der Waals surface area (Å²) in [5, 5.41) is 10.5. The van der Waals surface area contributed by atoms with Crippen LogP contribution in [0.2, 0.25) is 0 Å². The van der Waals surface area contributed by atoms with E-state index < -0.39 is 22.8 Å². The first-order chi connectivity index (χ1) is 7.04. The SMILES string of the molecule is Cn1c(NC=O)c(C#N)c(F)c(F)c1=O. The van der Waals surface area contributed by atoms with Gasteiger partial charge in [0.25, 0.3) is 5.56 Å². The molecule has 0 saturated carbocycles. The van der Waals surface area contributed by atoms with Gasteiger partial charge in [0.2, 0.25) is 12.2 Å². The minimum absolute atomic E-state index is 0.160. The lowest BCUT2D eigenvalue weighted by Crippen LogP contribution is -2.26. The van der Waals surface area contributed by atoms with Crippen LogP contribution in [0.4, 0.5) is 14.6 Å². The van der Waals surface area contributed by atoms with Crippen LogP contribution in [0.5, 0.6) is 0 Å². The van der Waals surface area contributed by atoms with Crippen LogP contribution in [0.25, 0.3) is 0 Å². The van der Waals surface area contributed by atoms with E-state index in [0.29, 0.717) is 4.57 Å². The Bertz CT molecular complexity index is 516. The minimum Gasteiger partial charge on any atom is -0.313 e. The summed E-state index contributed by atoms with van der Waals surface area (Å²) >= 11 is 0. The fraction of sp³-hybridized carbons (Fsp3) is 0.125. The van der Waals surface area contributed by atoms with E-state index in [0.717, 1.165) is 7.05 Å². The Balaban J connectivity index is 3.71. The van der Waals surface area contributed by atoms with Crippen LogP contribution >= 0.6 is 0 Å². The second-order valence-electron chi connectivity index (χ2n) is 2.59. The zero-order valence-electron chi connectivity index (χ0n) is 7.54. The van der Waals surface area contributed by atoms with Gasteiger partial charge in [-0.15, -0.1) is 0 Å². The number of hydrogen-bond acceptors (Lipinski definition) is 3. The molecule has 1 amide bonds. The lowest BCUT2D eigenvalue weighted by molar-refractivity contribution is -0.105. The lowest BCUT2D eigenvalue weighted by atomic mass is 10.2. The van der Waals surface area contributed by atoms with Gasteiger partial charge in [-0.05, 0) is 0 Å². The molecule has 0 radical (unpaired) electrons. The average molecular weight is 213 g/mol. The molecule has 0 spiro atoms. The number of carbonyl (C=O) groups is 1. The van der Waals surface area contributed by atoms with Gasteiger partial charge in [0.05, 0.1) is 0 Å². The van der Waals surface area contributed by atoms with Crippen LogP contribution in [0, 0.1) is 23.0 Å². The van der Waals surface area contributed by atoms with Crippen molar-refractivity contribution in [2.75, 3.05) is 5.32 Å². The second kappa shape index (κ2) is 3.88. The first kappa shape index (κ1) is 10.8. The molecule has 0 unspecified atom stereocenters. The molecule has 0 aliphatic heterocycles. The molecule has 5 nitrogen and oxygen atoms in total. The quantitative estimate of drug-likeness (QED) is 0.708. The van der Waals surface area contributed by atoms with Gasteiger partial charge in [-0.25, -0.2) is 4.39 Å². The summed E-state index contributed by atoms with van der Waals surface area (Å²) in [4.78, 5) is 21.2. The highest BCUT2D eigenvalue weighted by Crippen LogP contribution is 2.16. The summed E-state index contributed by atoms with van der Waals surface area (Å²) in [7, 11) is 1.11. The Morgan fingerprint density at radius 2 is 2.07 bits per heavy atom. The molecule has 78 valence electrons. The van der Waals surface area contributed by atoms with E-state index in [1.807, 2.05) is 5.32 Å². The highest BCUT2D eigenvalue weighted by atomic mass is 19.2. The third kappa shape index (κ3) is 1.57. The van der Waals surface area contributed by atoms with Crippen molar-refractivity contribution in [3.63, 3.8) is 0 Å². The molecule has 0 atom stereocenters. The molecule has 1 heterocycles. The molecule has 1 rings (SSSR count). The fourth-order valence-corrected chi connectivity index (χ4v) is 1.05. The van der Waals surface area contributed by atoms with Gasteiger partial charge in [0, 0.05) is 7.05 Å². The van der Waals surface area contributed by atoms with Crippen molar-refractivity contribution >= 4 is 12.2 Å². The average Bonchev–Trinajstić information content (AvgIpc) is 2.24. The molecule has 7 heteroatoms. The molecular formula is C8H5F2N3O2. The summed E-state index contributed by atoms with van der Waals surface area (Å²) < 4.78 is 26.6. The van der Waals surface area contributed by atoms with Gasteiger partial charge in [-0.3, -0.25) is 14.2 Å². The van der Waals surface area contributed by atoms with Crippen LogP contribution < -0.4 is 10.9 Å². The number of amides is 1. The normalized spacial score (nSPS) is 9.47. The maximum absolute atomic E-state index is 13.1. The summed E-state index contributed by atoms with van der Waals surface area (Å²) in [5.74, 6) is -3.59. The number of rotatable bonds is 2. The van der Waals surface area contributed by atoms with Crippen molar-refractivity contribution in [2.45, 2.75) is 0 Å². The molecule has 1 aromatic rings. The number of pyridine rings is 1. The van der Waals surface area contributed by atoms with E-state index >= 15 is 0 Å². The van der Waals surface area contributed by atoms with Crippen molar-refractivity contribution < 1.29 is 13.6 Å². The van der Waals surface area contributed by atoms with E-state index in [-0.39, 0.29) is 12.2 Å².